The zero-order valence-corrected chi connectivity index (χ0v) is 14.2. The third-order valence-electron chi connectivity index (χ3n) is 4.71. The van der Waals surface area contributed by atoms with Crippen LogP contribution in [0.15, 0.2) is 42.7 Å². The zero-order valence-electron chi connectivity index (χ0n) is 14.2. The molecule has 1 unspecified atom stereocenters. The molecule has 0 saturated carbocycles. The van der Waals surface area contributed by atoms with Gasteiger partial charge in [0.25, 0.3) is 0 Å². The average Bonchev–Trinajstić information content (AvgIpc) is 3.06. The minimum atomic E-state index is 0.588. The molecule has 0 N–H and O–H groups in total. The highest BCUT2D eigenvalue weighted by atomic mass is 16.5. The maximum absolute atomic E-state index is 5.34. The number of ether oxygens (including phenoxy) is 1. The largest absolute Gasteiger partial charge is 0.496 e. The number of pyridine rings is 1. The summed E-state index contributed by atoms with van der Waals surface area (Å²) in [6.07, 6.45) is 4.94. The van der Waals surface area contributed by atoms with Crippen molar-refractivity contribution in [3.63, 3.8) is 0 Å². The molecule has 0 amide bonds. The number of benzene rings is 1. The molecule has 0 aliphatic carbocycles. The summed E-state index contributed by atoms with van der Waals surface area (Å²) in [5.41, 5.74) is 3.81. The summed E-state index contributed by atoms with van der Waals surface area (Å²) in [4.78, 5) is 9.01. The van der Waals surface area contributed by atoms with Crippen molar-refractivity contribution in [3.05, 3.63) is 53.9 Å². The van der Waals surface area contributed by atoms with Gasteiger partial charge in [-0.05, 0) is 49.7 Å². The third-order valence-corrected chi connectivity index (χ3v) is 4.71. The molecule has 0 radical (unpaired) electrons. The lowest BCUT2D eigenvalue weighted by molar-refractivity contribution is 0.250. The van der Waals surface area contributed by atoms with Gasteiger partial charge in [0.2, 0.25) is 0 Å². The van der Waals surface area contributed by atoms with E-state index in [1.165, 1.54) is 23.2 Å². The fourth-order valence-corrected chi connectivity index (χ4v) is 3.35. The van der Waals surface area contributed by atoms with Gasteiger partial charge in [0.1, 0.15) is 5.75 Å². The number of hydrogen-bond acceptors (Lipinski definition) is 4. The standard InChI is InChI=1S/C19H25N3O/c1-15-12-16(4-5-19(15)23-3)13-21(2)18-8-11-22(14-18)17-6-9-20-10-7-17/h4-7,9-10,12,18H,8,11,13-14H2,1-3H3. The number of methoxy groups -OCH3 is 1. The Morgan fingerprint density at radius 3 is 2.74 bits per heavy atom. The minimum Gasteiger partial charge on any atom is -0.496 e. The van der Waals surface area contributed by atoms with E-state index < -0.39 is 0 Å². The van der Waals surface area contributed by atoms with Crippen LogP contribution in [0.4, 0.5) is 5.69 Å². The van der Waals surface area contributed by atoms with Crippen molar-refractivity contribution in [1.82, 2.24) is 9.88 Å². The smallest absolute Gasteiger partial charge is 0.121 e. The maximum atomic E-state index is 5.34. The predicted molar refractivity (Wildman–Crippen MR) is 94.1 cm³/mol. The number of anilines is 1. The second-order valence-corrected chi connectivity index (χ2v) is 6.31. The highest BCUT2D eigenvalue weighted by molar-refractivity contribution is 5.46. The van der Waals surface area contributed by atoms with E-state index >= 15 is 0 Å². The molecule has 1 aromatic carbocycles. The maximum Gasteiger partial charge on any atom is 0.121 e. The van der Waals surface area contributed by atoms with Crippen LogP contribution >= 0.6 is 0 Å². The van der Waals surface area contributed by atoms with Gasteiger partial charge in [-0.3, -0.25) is 9.88 Å². The second-order valence-electron chi connectivity index (χ2n) is 6.31. The van der Waals surface area contributed by atoms with Crippen LogP contribution in [0.25, 0.3) is 0 Å². The van der Waals surface area contributed by atoms with E-state index in [-0.39, 0.29) is 0 Å². The summed E-state index contributed by atoms with van der Waals surface area (Å²) in [7, 11) is 3.95. The Bertz CT molecular complexity index is 644. The van der Waals surface area contributed by atoms with Crippen LogP contribution in [-0.4, -0.2) is 43.2 Å². The first kappa shape index (κ1) is 15.8. The van der Waals surface area contributed by atoms with Gasteiger partial charge in [0, 0.05) is 43.8 Å². The average molecular weight is 311 g/mol. The lowest BCUT2D eigenvalue weighted by atomic mass is 10.1. The highest BCUT2D eigenvalue weighted by Crippen LogP contribution is 2.24. The molecule has 1 aliphatic rings. The van der Waals surface area contributed by atoms with E-state index in [4.69, 9.17) is 4.74 Å². The molecule has 0 bridgehead atoms. The van der Waals surface area contributed by atoms with Crippen molar-refractivity contribution < 1.29 is 4.74 Å². The van der Waals surface area contributed by atoms with E-state index in [1.54, 1.807) is 7.11 Å². The summed E-state index contributed by atoms with van der Waals surface area (Å²) in [6, 6.07) is 11.2. The minimum absolute atomic E-state index is 0.588. The Balaban J connectivity index is 1.61. The lowest BCUT2D eigenvalue weighted by Gasteiger charge is -2.25. The summed E-state index contributed by atoms with van der Waals surface area (Å²) in [5.74, 6) is 0.959. The van der Waals surface area contributed by atoms with Crippen LogP contribution in [0.1, 0.15) is 17.5 Å². The molecule has 122 valence electrons. The van der Waals surface area contributed by atoms with E-state index in [9.17, 15) is 0 Å². The number of likely N-dealkylation sites (N-methyl/N-ethyl adjacent to an activating group) is 1. The zero-order chi connectivity index (χ0) is 16.2. The Hall–Kier alpha value is -2.07. The number of aromatic nitrogens is 1. The van der Waals surface area contributed by atoms with Crippen molar-refractivity contribution in [2.75, 3.05) is 32.1 Å². The first-order valence-corrected chi connectivity index (χ1v) is 8.16. The molecule has 1 fully saturated rings. The Kier molecular flexibility index (Phi) is 4.82. The van der Waals surface area contributed by atoms with Crippen molar-refractivity contribution in [2.24, 2.45) is 0 Å². The summed E-state index contributed by atoms with van der Waals surface area (Å²) in [6.45, 7) is 5.26. The fraction of sp³-hybridized carbons (Fsp3) is 0.421. The monoisotopic (exact) mass is 311 g/mol. The van der Waals surface area contributed by atoms with Gasteiger partial charge < -0.3 is 9.64 Å². The highest BCUT2D eigenvalue weighted by Gasteiger charge is 2.25. The van der Waals surface area contributed by atoms with Crippen LogP contribution in [0.2, 0.25) is 0 Å². The molecule has 1 aromatic heterocycles. The third kappa shape index (κ3) is 3.64. The van der Waals surface area contributed by atoms with Crippen molar-refractivity contribution in [2.45, 2.75) is 25.9 Å². The normalized spacial score (nSPS) is 17.7. The fourth-order valence-electron chi connectivity index (χ4n) is 3.35. The quantitative estimate of drug-likeness (QED) is 0.848. The molecule has 3 rings (SSSR count). The Labute approximate surface area is 138 Å². The van der Waals surface area contributed by atoms with Gasteiger partial charge in [-0.15, -0.1) is 0 Å². The van der Waals surface area contributed by atoms with Gasteiger partial charge in [-0.1, -0.05) is 12.1 Å². The first-order valence-electron chi connectivity index (χ1n) is 8.16. The molecule has 0 spiro atoms. The molecule has 4 nitrogen and oxygen atoms in total. The Morgan fingerprint density at radius 1 is 1.26 bits per heavy atom. The molecule has 1 atom stereocenters. The van der Waals surface area contributed by atoms with E-state index in [0.717, 1.165) is 25.4 Å². The summed E-state index contributed by atoms with van der Waals surface area (Å²) in [5, 5.41) is 0. The van der Waals surface area contributed by atoms with Crippen LogP contribution in [0.3, 0.4) is 0 Å². The summed E-state index contributed by atoms with van der Waals surface area (Å²) < 4.78 is 5.34. The van der Waals surface area contributed by atoms with Gasteiger partial charge in [-0.2, -0.15) is 0 Å². The van der Waals surface area contributed by atoms with E-state index in [2.05, 4.69) is 59.1 Å². The molecule has 2 heterocycles. The topological polar surface area (TPSA) is 28.6 Å². The molecule has 23 heavy (non-hydrogen) atoms. The van der Waals surface area contributed by atoms with Crippen LogP contribution in [-0.2, 0) is 6.54 Å². The van der Waals surface area contributed by atoms with E-state index in [0.29, 0.717) is 6.04 Å². The first-order chi connectivity index (χ1) is 11.2. The molecule has 2 aromatic rings. The van der Waals surface area contributed by atoms with Crippen molar-refractivity contribution >= 4 is 5.69 Å². The number of aryl methyl sites for hydroxylation is 1. The molecule has 1 saturated heterocycles. The number of rotatable bonds is 5. The molecule has 1 aliphatic heterocycles. The predicted octanol–water partition coefficient (Wildman–Crippen LogP) is 3.11. The van der Waals surface area contributed by atoms with Crippen LogP contribution < -0.4 is 9.64 Å². The number of hydrogen-bond donors (Lipinski definition) is 0. The number of nitrogens with zero attached hydrogens (tertiary/aromatic N) is 3. The van der Waals surface area contributed by atoms with Gasteiger partial charge in [-0.25, -0.2) is 0 Å². The van der Waals surface area contributed by atoms with Gasteiger partial charge in [0.15, 0.2) is 0 Å². The second kappa shape index (κ2) is 7.01. The molecule has 4 heteroatoms. The van der Waals surface area contributed by atoms with Crippen LogP contribution in [0, 0.1) is 6.92 Å². The van der Waals surface area contributed by atoms with Crippen LogP contribution in [0.5, 0.6) is 5.75 Å². The Morgan fingerprint density at radius 2 is 2.04 bits per heavy atom. The van der Waals surface area contributed by atoms with Crippen molar-refractivity contribution in [1.29, 1.82) is 0 Å². The van der Waals surface area contributed by atoms with Gasteiger partial charge in [0.05, 0.1) is 7.11 Å². The SMILES string of the molecule is COc1ccc(CN(C)C2CCN(c3ccncc3)C2)cc1C. The van der Waals surface area contributed by atoms with Gasteiger partial charge >= 0.3 is 0 Å². The lowest BCUT2D eigenvalue weighted by Crippen LogP contribution is -2.34. The molecular formula is C19H25N3O. The molecular weight excluding hydrogens is 286 g/mol. The van der Waals surface area contributed by atoms with E-state index in [1.807, 2.05) is 12.4 Å². The summed E-state index contributed by atoms with van der Waals surface area (Å²) >= 11 is 0. The van der Waals surface area contributed by atoms with Crippen molar-refractivity contribution in [3.8, 4) is 5.75 Å².